The molecule has 0 aliphatic rings. The molecule has 21 heavy (non-hydrogen) atoms. The molecule has 0 saturated heterocycles. The van der Waals surface area contributed by atoms with Crippen LogP contribution < -0.4 is 10.6 Å². The van der Waals surface area contributed by atoms with E-state index in [0.717, 1.165) is 34.6 Å². The van der Waals surface area contributed by atoms with Crippen molar-refractivity contribution in [3.63, 3.8) is 0 Å². The maximum absolute atomic E-state index is 4.36. The Morgan fingerprint density at radius 1 is 1.24 bits per heavy atom. The summed E-state index contributed by atoms with van der Waals surface area (Å²) < 4.78 is 1.08. The van der Waals surface area contributed by atoms with Crippen molar-refractivity contribution in [1.29, 1.82) is 0 Å². The van der Waals surface area contributed by atoms with Crippen molar-refractivity contribution in [3.05, 3.63) is 46.2 Å². The van der Waals surface area contributed by atoms with Crippen LogP contribution in [0.25, 0.3) is 0 Å². The van der Waals surface area contributed by atoms with Gasteiger partial charge in [-0.15, -0.1) is 0 Å². The lowest BCUT2D eigenvalue weighted by Gasteiger charge is -2.18. The normalized spacial score (nSPS) is 12.0. The third kappa shape index (κ3) is 4.17. The van der Waals surface area contributed by atoms with Crippen LogP contribution in [0.15, 0.2) is 35.1 Å². The second kappa shape index (κ2) is 7.41. The Morgan fingerprint density at radius 3 is 2.71 bits per heavy atom. The van der Waals surface area contributed by atoms with Crippen molar-refractivity contribution in [2.45, 2.75) is 33.2 Å². The van der Waals surface area contributed by atoms with E-state index in [2.05, 4.69) is 62.5 Å². The maximum atomic E-state index is 4.36. The summed E-state index contributed by atoms with van der Waals surface area (Å²) in [5, 5.41) is 6.79. The first-order valence-corrected chi connectivity index (χ1v) is 7.98. The number of nitrogens with zero attached hydrogens (tertiary/aromatic N) is 2. The molecule has 1 aromatic carbocycles. The molecule has 1 heterocycles. The van der Waals surface area contributed by atoms with Gasteiger partial charge >= 0.3 is 0 Å². The predicted molar refractivity (Wildman–Crippen MR) is 91.7 cm³/mol. The maximum Gasteiger partial charge on any atom is 0.134 e. The molecule has 0 fully saturated rings. The molecule has 0 aliphatic carbocycles. The number of aromatic nitrogens is 2. The van der Waals surface area contributed by atoms with Crippen molar-refractivity contribution in [2.75, 3.05) is 17.2 Å². The molecule has 1 atom stereocenters. The van der Waals surface area contributed by atoms with Gasteiger partial charge in [-0.25, -0.2) is 9.97 Å². The van der Waals surface area contributed by atoms with Crippen LogP contribution >= 0.6 is 15.9 Å². The van der Waals surface area contributed by atoms with E-state index < -0.39 is 0 Å². The Kier molecular flexibility index (Phi) is 5.56. The SMILES string of the molecule is CCCNc1ncnc(NC(C)c2cccc(Br)c2)c1C. The average molecular weight is 349 g/mol. The number of benzene rings is 1. The van der Waals surface area contributed by atoms with Gasteiger partial charge in [0.2, 0.25) is 0 Å². The quantitative estimate of drug-likeness (QED) is 0.804. The summed E-state index contributed by atoms with van der Waals surface area (Å²) >= 11 is 3.51. The first-order chi connectivity index (χ1) is 10.1. The van der Waals surface area contributed by atoms with Crippen LogP contribution in [0, 0.1) is 6.92 Å². The van der Waals surface area contributed by atoms with Crippen LogP contribution in [0.3, 0.4) is 0 Å². The molecule has 2 N–H and O–H groups in total. The molecular formula is C16H21BrN4. The molecule has 0 aliphatic heterocycles. The standard InChI is InChI=1S/C16H21BrN4/c1-4-8-18-15-11(2)16(20-10-19-15)21-12(3)13-6-5-7-14(17)9-13/h5-7,9-10,12H,4,8H2,1-3H3,(H2,18,19,20,21). The Labute approximate surface area is 134 Å². The molecule has 0 radical (unpaired) electrons. The third-order valence-corrected chi connectivity index (χ3v) is 3.82. The van der Waals surface area contributed by atoms with E-state index in [1.54, 1.807) is 6.33 Å². The summed E-state index contributed by atoms with van der Waals surface area (Å²) in [5.74, 6) is 1.77. The molecule has 0 amide bonds. The molecule has 1 unspecified atom stereocenters. The van der Waals surface area contributed by atoms with Gasteiger partial charge in [-0.3, -0.25) is 0 Å². The van der Waals surface area contributed by atoms with Gasteiger partial charge in [0.15, 0.2) is 0 Å². The van der Waals surface area contributed by atoms with Crippen LogP contribution in [0.4, 0.5) is 11.6 Å². The highest BCUT2D eigenvalue weighted by Gasteiger charge is 2.11. The van der Waals surface area contributed by atoms with E-state index in [-0.39, 0.29) is 6.04 Å². The topological polar surface area (TPSA) is 49.8 Å². The van der Waals surface area contributed by atoms with Crippen molar-refractivity contribution in [1.82, 2.24) is 9.97 Å². The first kappa shape index (κ1) is 15.8. The molecule has 4 nitrogen and oxygen atoms in total. The zero-order chi connectivity index (χ0) is 15.2. The summed E-state index contributed by atoms with van der Waals surface area (Å²) in [5.41, 5.74) is 2.26. The van der Waals surface area contributed by atoms with Crippen molar-refractivity contribution >= 4 is 27.6 Å². The number of hydrogen-bond acceptors (Lipinski definition) is 4. The largest absolute Gasteiger partial charge is 0.370 e. The third-order valence-electron chi connectivity index (χ3n) is 3.33. The van der Waals surface area contributed by atoms with Crippen molar-refractivity contribution in [2.24, 2.45) is 0 Å². The lowest BCUT2D eigenvalue weighted by Crippen LogP contribution is -2.12. The molecule has 0 saturated carbocycles. The van der Waals surface area contributed by atoms with E-state index in [9.17, 15) is 0 Å². The highest BCUT2D eigenvalue weighted by molar-refractivity contribution is 9.10. The Morgan fingerprint density at radius 2 is 2.00 bits per heavy atom. The Hall–Kier alpha value is -1.62. The smallest absolute Gasteiger partial charge is 0.134 e. The average Bonchev–Trinajstić information content (AvgIpc) is 2.48. The second-order valence-electron chi connectivity index (χ2n) is 5.04. The monoisotopic (exact) mass is 348 g/mol. The van der Waals surface area contributed by atoms with Gasteiger partial charge < -0.3 is 10.6 Å². The second-order valence-corrected chi connectivity index (χ2v) is 5.96. The lowest BCUT2D eigenvalue weighted by atomic mass is 10.1. The fourth-order valence-electron chi connectivity index (χ4n) is 2.08. The number of hydrogen-bond donors (Lipinski definition) is 2. The van der Waals surface area contributed by atoms with Crippen LogP contribution in [0.5, 0.6) is 0 Å². The molecule has 2 rings (SSSR count). The van der Waals surface area contributed by atoms with Crippen LogP contribution in [0.1, 0.15) is 37.4 Å². The van der Waals surface area contributed by atoms with Gasteiger partial charge in [-0.1, -0.05) is 35.0 Å². The highest BCUT2D eigenvalue weighted by Crippen LogP contribution is 2.24. The number of nitrogens with one attached hydrogen (secondary N) is 2. The van der Waals surface area contributed by atoms with Gasteiger partial charge in [0, 0.05) is 22.6 Å². The van der Waals surface area contributed by atoms with Crippen molar-refractivity contribution < 1.29 is 0 Å². The van der Waals surface area contributed by atoms with E-state index in [4.69, 9.17) is 0 Å². The van der Waals surface area contributed by atoms with Gasteiger partial charge in [0.1, 0.15) is 18.0 Å². The Bertz CT molecular complexity index is 601. The minimum Gasteiger partial charge on any atom is -0.370 e. The van der Waals surface area contributed by atoms with E-state index in [0.29, 0.717) is 0 Å². The zero-order valence-electron chi connectivity index (χ0n) is 12.7. The fraction of sp³-hybridized carbons (Fsp3) is 0.375. The van der Waals surface area contributed by atoms with Crippen LogP contribution in [-0.4, -0.2) is 16.5 Å². The van der Waals surface area contributed by atoms with E-state index in [1.165, 1.54) is 5.56 Å². The van der Waals surface area contributed by atoms with Crippen LogP contribution in [0.2, 0.25) is 0 Å². The minimum absolute atomic E-state index is 0.176. The summed E-state index contributed by atoms with van der Waals surface area (Å²) in [7, 11) is 0. The molecule has 0 spiro atoms. The minimum atomic E-state index is 0.176. The molecule has 1 aromatic heterocycles. The van der Waals surface area contributed by atoms with Crippen LogP contribution in [-0.2, 0) is 0 Å². The summed E-state index contributed by atoms with van der Waals surface area (Å²) in [6.07, 6.45) is 2.67. The predicted octanol–water partition coefficient (Wildman–Crippen LogP) is 4.54. The van der Waals surface area contributed by atoms with E-state index in [1.807, 2.05) is 19.1 Å². The zero-order valence-corrected chi connectivity index (χ0v) is 14.2. The fourth-order valence-corrected chi connectivity index (χ4v) is 2.50. The lowest BCUT2D eigenvalue weighted by molar-refractivity contribution is 0.866. The molecule has 2 aromatic rings. The van der Waals surface area contributed by atoms with Gasteiger partial charge in [-0.05, 0) is 38.0 Å². The molecule has 0 bridgehead atoms. The molecule has 5 heteroatoms. The van der Waals surface area contributed by atoms with Gasteiger partial charge in [-0.2, -0.15) is 0 Å². The highest BCUT2D eigenvalue weighted by atomic mass is 79.9. The van der Waals surface area contributed by atoms with Gasteiger partial charge in [0.25, 0.3) is 0 Å². The number of halogens is 1. The van der Waals surface area contributed by atoms with E-state index >= 15 is 0 Å². The molecular weight excluding hydrogens is 328 g/mol. The number of anilines is 2. The summed E-state index contributed by atoms with van der Waals surface area (Å²) in [6, 6.07) is 8.46. The van der Waals surface area contributed by atoms with Crippen molar-refractivity contribution in [3.8, 4) is 0 Å². The summed E-state index contributed by atoms with van der Waals surface area (Å²) in [6.45, 7) is 7.22. The summed E-state index contributed by atoms with van der Waals surface area (Å²) in [4.78, 5) is 8.66. The molecule has 112 valence electrons. The number of rotatable bonds is 6. The first-order valence-electron chi connectivity index (χ1n) is 7.19. The Balaban J connectivity index is 2.15. The van der Waals surface area contributed by atoms with Gasteiger partial charge in [0.05, 0.1) is 0 Å².